The Hall–Kier alpha value is -0.300. The molecule has 1 heterocycles. The van der Waals surface area contributed by atoms with E-state index in [1.54, 1.807) is 0 Å². The molecule has 0 bridgehead atoms. The summed E-state index contributed by atoms with van der Waals surface area (Å²) in [5.41, 5.74) is 1.30. The molecular formula is C14H29N. The number of rotatable bonds is 4. The lowest BCUT2D eigenvalue weighted by molar-refractivity contribution is 0.191. The van der Waals surface area contributed by atoms with Crippen LogP contribution in [-0.4, -0.2) is 24.5 Å². The summed E-state index contributed by atoms with van der Waals surface area (Å²) in [7, 11) is 0. The lowest BCUT2D eigenvalue weighted by atomic mass is 9.92. The Morgan fingerprint density at radius 3 is 2.20 bits per heavy atom. The number of likely N-dealkylation sites (tertiary alicyclic amines) is 1. The third kappa shape index (κ3) is 6.72. The molecule has 1 heteroatoms. The first kappa shape index (κ1) is 14.7. The molecule has 0 radical (unpaired) electrons. The number of hydrogen-bond acceptors (Lipinski definition) is 1. The minimum absolute atomic E-state index is 1.01. The predicted octanol–water partition coefficient (Wildman–Crippen LogP) is 4.10. The Labute approximate surface area is 96.6 Å². The zero-order chi connectivity index (χ0) is 11.7. The molecular weight excluding hydrogens is 182 g/mol. The van der Waals surface area contributed by atoms with E-state index in [2.05, 4.69) is 25.3 Å². The van der Waals surface area contributed by atoms with Crippen molar-refractivity contribution in [2.75, 3.05) is 19.6 Å². The first-order valence-electron chi connectivity index (χ1n) is 6.59. The predicted molar refractivity (Wildman–Crippen MR) is 70.2 cm³/mol. The smallest absolute Gasteiger partial charge is 0.0187 e. The van der Waals surface area contributed by atoms with Crippen molar-refractivity contribution >= 4 is 0 Å². The molecule has 1 nitrogen and oxygen atoms in total. The van der Waals surface area contributed by atoms with E-state index in [1.807, 2.05) is 13.8 Å². The summed E-state index contributed by atoms with van der Waals surface area (Å²) in [6.45, 7) is 16.1. The molecule has 0 aromatic carbocycles. The standard InChI is InChI=1S/C12H23N.C2H6/c1-4-5-12-6-8-13(9-7-12)10-11(2)3;1-2/h12H,2,4-10H2,1,3H3;1-2H3. The van der Waals surface area contributed by atoms with Crippen LogP contribution in [0.25, 0.3) is 0 Å². The Morgan fingerprint density at radius 1 is 1.27 bits per heavy atom. The molecule has 0 aromatic heterocycles. The average Bonchev–Trinajstić information content (AvgIpc) is 2.24. The second-order valence-corrected chi connectivity index (χ2v) is 4.47. The molecule has 0 saturated carbocycles. The molecule has 0 N–H and O–H groups in total. The molecule has 15 heavy (non-hydrogen) atoms. The highest BCUT2D eigenvalue weighted by molar-refractivity contribution is 4.92. The van der Waals surface area contributed by atoms with Gasteiger partial charge in [-0.05, 0) is 38.8 Å². The minimum Gasteiger partial charge on any atom is -0.299 e. The van der Waals surface area contributed by atoms with E-state index in [-0.39, 0.29) is 0 Å². The van der Waals surface area contributed by atoms with Gasteiger partial charge < -0.3 is 0 Å². The molecule has 1 rings (SSSR count). The fourth-order valence-electron chi connectivity index (χ4n) is 2.22. The summed E-state index contributed by atoms with van der Waals surface area (Å²) < 4.78 is 0. The van der Waals surface area contributed by atoms with Gasteiger partial charge in [-0.2, -0.15) is 0 Å². The highest BCUT2D eigenvalue weighted by atomic mass is 15.1. The van der Waals surface area contributed by atoms with Crippen molar-refractivity contribution in [1.82, 2.24) is 4.90 Å². The fraction of sp³-hybridized carbons (Fsp3) is 0.857. The molecule has 1 aliphatic heterocycles. The third-order valence-electron chi connectivity index (χ3n) is 2.90. The maximum Gasteiger partial charge on any atom is 0.0187 e. The van der Waals surface area contributed by atoms with Crippen molar-refractivity contribution in [3.63, 3.8) is 0 Å². The monoisotopic (exact) mass is 211 g/mol. The van der Waals surface area contributed by atoms with Gasteiger partial charge in [-0.25, -0.2) is 0 Å². The van der Waals surface area contributed by atoms with Gasteiger partial charge in [-0.15, -0.1) is 0 Å². The number of nitrogens with zero attached hydrogens (tertiary/aromatic N) is 1. The summed E-state index contributed by atoms with van der Waals surface area (Å²) in [5.74, 6) is 1.01. The Balaban J connectivity index is 0.000000921. The third-order valence-corrected chi connectivity index (χ3v) is 2.90. The maximum atomic E-state index is 3.96. The van der Waals surface area contributed by atoms with Crippen LogP contribution in [0.2, 0.25) is 0 Å². The molecule has 0 spiro atoms. The van der Waals surface area contributed by atoms with Gasteiger partial charge in [0.15, 0.2) is 0 Å². The Morgan fingerprint density at radius 2 is 1.80 bits per heavy atom. The van der Waals surface area contributed by atoms with Crippen LogP contribution in [0.3, 0.4) is 0 Å². The van der Waals surface area contributed by atoms with Crippen LogP contribution in [0, 0.1) is 5.92 Å². The molecule has 0 aromatic rings. The highest BCUT2D eigenvalue weighted by Gasteiger charge is 2.17. The highest BCUT2D eigenvalue weighted by Crippen LogP contribution is 2.21. The number of piperidine rings is 1. The van der Waals surface area contributed by atoms with Crippen LogP contribution < -0.4 is 0 Å². The molecule has 0 amide bonds. The van der Waals surface area contributed by atoms with Gasteiger partial charge in [-0.3, -0.25) is 4.90 Å². The summed E-state index contributed by atoms with van der Waals surface area (Å²) in [5, 5.41) is 0. The van der Waals surface area contributed by atoms with Crippen LogP contribution in [0.4, 0.5) is 0 Å². The van der Waals surface area contributed by atoms with Crippen LogP contribution in [0.15, 0.2) is 12.2 Å². The fourth-order valence-corrected chi connectivity index (χ4v) is 2.22. The van der Waals surface area contributed by atoms with Crippen molar-refractivity contribution in [1.29, 1.82) is 0 Å². The molecule has 1 aliphatic rings. The van der Waals surface area contributed by atoms with Gasteiger partial charge in [0.05, 0.1) is 0 Å². The summed E-state index contributed by atoms with van der Waals surface area (Å²) in [4.78, 5) is 2.54. The summed E-state index contributed by atoms with van der Waals surface area (Å²) >= 11 is 0. The lowest BCUT2D eigenvalue weighted by Gasteiger charge is -2.31. The Bertz CT molecular complexity index is 155. The van der Waals surface area contributed by atoms with Gasteiger partial charge in [-0.1, -0.05) is 45.8 Å². The maximum absolute atomic E-state index is 3.96. The molecule has 0 unspecified atom stereocenters. The molecule has 1 saturated heterocycles. The lowest BCUT2D eigenvalue weighted by Crippen LogP contribution is -2.34. The van der Waals surface area contributed by atoms with E-state index < -0.39 is 0 Å². The van der Waals surface area contributed by atoms with Gasteiger partial charge in [0.25, 0.3) is 0 Å². The van der Waals surface area contributed by atoms with E-state index >= 15 is 0 Å². The van der Waals surface area contributed by atoms with Crippen LogP contribution in [0.1, 0.15) is 53.4 Å². The van der Waals surface area contributed by atoms with Crippen molar-refractivity contribution in [2.24, 2.45) is 5.92 Å². The quantitative estimate of drug-likeness (QED) is 0.633. The normalized spacial score (nSPS) is 18.1. The minimum atomic E-state index is 1.01. The first-order chi connectivity index (χ1) is 7.22. The van der Waals surface area contributed by atoms with Crippen LogP contribution in [0.5, 0.6) is 0 Å². The van der Waals surface area contributed by atoms with Gasteiger partial charge in [0, 0.05) is 6.54 Å². The average molecular weight is 211 g/mol. The van der Waals surface area contributed by atoms with E-state index in [1.165, 1.54) is 44.3 Å². The Kier molecular flexibility index (Phi) is 8.79. The molecule has 90 valence electrons. The van der Waals surface area contributed by atoms with E-state index in [0.717, 1.165) is 12.5 Å². The molecule has 1 fully saturated rings. The van der Waals surface area contributed by atoms with E-state index in [4.69, 9.17) is 0 Å². The zero-order valence-corrected chi connectivity index (χ0v) is 11.2. The van der Waals surface area contributed by atoms with Crippen molar-refractivity contribution in [3.8, 4) is 0 Å². The molecule has 0 aliphatic carbocycles. The van der Waals surface area contributed by atoms with Crippen molar-refractivity contribution < 1.29 is 0 Å². The number of hydrogen-bond donors (Lipinski definition) is 0. The topological polar surface area (TPSA) is 3.24 Å². The first-order valence-corrected chi connectivity index (χ1v) is 6.59. The largest absolute Gasteiger partial charge is 0.299 e. The molecule has 0 atom stereocenters. The van der Waals surface area contributed by atoms with Gasteiger partial charge >= 0.3 is 0 Å². The zero-order valence-electron chi connectivity index (χ0n) is 11.2. The second kappa shape index (κ2) is 8.96. The van der Waals surface area contributed by atoms with Gasteiger partial charge in [0.1, 0.15) is 0 Å². The second-order valence-electron chi connectivity index (χ2n) is 4.47. The van der Waals surface area contributed by atoms with E-state index in [9.17, 15) is 0 Å². The van der Waals surface area contributed by atoms with E-state index in [0.29, 0.717) is 0 Å². The summed E-state index contributed by atoms with van der Waals surface area (Å²) in [6, 6.07) is 0. The van der Waals surface area contributed by atoms with Crippen molar-refractivity contribution in [2.45, 2.75) is 53.4 Å². The van der Waals surface area contributed by atoms with Crippen molar-refractivity contribution in [3.05, 3.63) is 12.2 Å². The summed E-state index contributed by atoms with van der Waals surface area (Å²) in [6.07, 6.45) is 5.59. The van der Waals surface area contributed by atoms with Gasteiger partial charge in [0.2, 0.25) is 0 Å². The van der Waals surface area contributed by atoms with Crippen LogP contribution in [-0.2, 0) is 0 Å². The van der Waals surface area contributed by atoms with Crippen LogP contribution >= 0.6 is 0 Å². The SMILES string of the molecule is C=C(C)CN1CCC(CCC)CC1.CC.